The van der Waals surface area contributed by atoms with Gasteiger partial charge in [-0.05, 0) is 17.2 Å². The van der Waals surface area contributed by atoms with Gasteiger partial charge >= 0.3 is 0 Å². The van der Waals surface area contributed by atoms with E-state index in [1.807, 2.05) is 23.2 Å². The Balaban J connectivity index is 1.84. The van der Waals surface area contributed by atoms with Crippen molar-refractivity contribution in [3.63, 3.8) is 0 Å². The molecule has 3 aromatic rings. The van der Waals surface area contributed by atoms with Crippen LogP contribution in [0.2, 0.25) is 0 Å². The second-order valence-electron chi connectivity index (χ2n) is 4.00. The molecule has 2 aromatic heterocycles. The second kappa shape index (κ2) is 4.29. The van der Waals surface area contributed by atoms with Crippen molar-refractivity contribution in [3.8, 4) is 11.1 Å². The smallest absolute Gasteiger partial charge is 0.0991 e. The number of hydrogen-bond acceptors (Lipinski definition) is 1. The maximum atomic E-state index is 4.03. The molecule has 3 heteroatoms. The van der Waals surface area contributed by atoms with Gasteiger partial charge in [-0.15, -0.1) is 0 Å². The van der Waals surface area contributed by atoms with Crippen molar-refractivity contribution < 1.29 is 0 Å². The average Bonchev–Trinajstić information content (AvgIpc) is 3.02. The minimum absolute atomic E-state index is 0.798. The zero-order valence-electron chi connectivity index (χ0n) is 9.40. The maximum Gasteiger partial charge on any atom is 0.0991 e. The van der Waals surface area contributed by atoms with Gasteiger partial charge in [-0.1, -0.05) is 30.3 Å². The number of benzene rings is 1. The summed E-state index contributed by atoms with van der Waals surface area (Å²) in [5.74, 6) is 0. The van der Waals surface area contributed by atoms with E-state index in [4.69, 9.17) is 0 Å². The monoisotopic (exact) mass is 223 g/mol. The molecule has 0 amide bonds. The van der Waals surface area contributed by atoms with E-state index in [0.29, 0.717) is 0 Å². The van der Waals surface area contributed by atoms with Crippen LogP contribution in [0.5, 0.6) is 0 Å². The highest BCUT2D eigenvalue weighted by atomic mass is 15.2. The van der Waals surface area contributed by atoms with Gasteiger partial charge in [-0.3, -0.25) is 0 Å². The number of imidazole rings is 1. The van der Waals surface area contributed by atoms with Crippen LogP contribution < -0.4 is 0 Å². The zero-order chi connectivity index (χ0) is 11.5. The molecule has 0 spiro atoms. The van der Waals surface area contributed by atoms with Crippen molar-refractivity contribution in [2.75, 3.05) is 0 Å². The van der Waals surface area contributed by atoms with Crippen LogP contribution >= 0.6 is 0 Å². The molecule has 0 radical (unpaired) electrons. The van der Waals surface area contributed by atoms with Gasteiger partial charge in [0, 0.05) is 24.8 Å². The lowest BCUT2D eigenvalue weighted by molar-refractivity contribution is 0.610. The second-order valence-corrected chi connectivity index (χ2v) is 4.00. The molecule has 0 fully saturated rings. The first-order chi connectivity index (χ1) is 8.42. The third-order valence-corrected chi connectivity index (χ3v) is 2.74. The molecule has 0 saturated heterocycles. The first kappa shape index (κ1) is 9.90. The third-order valence-electron chi connectivity index (χ3n) is 2.74. The quantitative estimate of drug-likeness (QED) is 0.669. The first-order valence-electron chi connectivity index (χ1n) is 5.59. The van der Waals surface area contributed by atoms with Gasteiger partial charge in [0.2, 0.25) is 0 Å². The van der Waals surface area contributed by atoms with Crippen LogP contribution in [0.1, 0.15) is 0 Å². The highest BCUT2D eigenvalue weighted by molar-refractivity contribution is 5.62. The first-order valence-corrected chi connectivity index (χ1v) is 5.59. The molecule has 2 heterocycles. The van der Waals surface area contributed by atoms with Crippen LogP contribution in [0.4, 0.5) is 0 Å². The molecule has 84 valence electrons. The van der Waals surface area contributed by atoms with Gasteiger partial charge in [-0.2, -0.15) is 0 Å². The van der Waals surface area contributed by atoms with Crippen LogP contribution in [0.15, 0.2) is 67.5 Å². The van der Waals surface area contributed by atoms with Crippen LogP contribution in [0, 0.1) is 0 Å². The summed E-state index contributed by atoms with van der Waals surface area (Å²) in [6.07, 6.45) is 9.81. The molecular formula is C14H13N3. The SMILES string of the molecule is c1ccc(-c2ccn(Cn3ccnc3)c2)cc1. The Labute approximate surface area is 100.0 Å². The Morgan fingerprint density at radius 3 is 2.53 bits per heavy atom. The van der Waals surface area contributed by atoms with Gasteiger partial charge in [0.1, 0.15) is 0 Å². The summed E-state index contributed by atoms with van der Waals surface area (Å²) < 4.78 is 4.18. The number of rotatable bonds is 3. The van der Waals surface area contributed by atoms with Gasteiger partial charge in [0.05, 0.1) is 13.0 Å². The van der Waals surface area contributed by atoms with Gasteiger partial charge in [-0.25, -0.2) is 4.98 Å². The van der Waals surface area contributed by atoms with Crippen molar-refractivity contribution >= 4 is 0 Å². The minimum atomic E-state index is 0.798. The lowest BCUT2D eigenvalue weighted by atomic mass is 10.1. The van der Waals surface area contributed by atoms with Crippen molar-refractivity contribution in [1.29, 1.82) is 0 Å². The minimum Gasteiger partial charge on any atom is -0.335 e. The lowest BCUT2D eigenvalue weighted by Gasteiger charge is -2.03. The molecule has 0 aliphatic heterocycles. The number of hydrogen-bond donors (Lipinski definition) is 0. The summed E-state index contributed by atoms with van der Waals surface area (Å²) in [5, 5.41) is 0. The molecule has 0 atom stereocenters. The summed E-state index contributed by atoms with van der Waals surface area (Å²) in [4.78, 5) is 4.03. The Morgan fingerprint density at radius 1 is 0.882 bits per heavy atom. The Kier molecular flexibility index (Phi) is 2.50. The molecule has 0 aliphatic carbocycles. The van der Waals surface area contributed by atoms with Crippen molar-refractivity contribution in [2.45, 2.75) is 6.67 Å². The maximum absolute atomic E-state index is 4.03. The van der Waals surface area contributed by atoms with E-state index in [2.05, 4.69) is 52.3 Å². The summed E-state index contributed by atoms with van der Waals surface area (Å²) in [7, 11) is 0. The predicted molar refractivity (Wildman–Crippen MR) is 67.5 cm³/mol. The summed E-state index contributed by atoms with van der Waals surface area (Å²) in [5.41, 5.74) is 2.49. The molecular weight excluding hydrogens is 210 g/mol. The normalized spacial score (nSPS) is 10.6. The molecule has 0 N–H and O–H groups in total. The van der Waals surface area contributed by atoms with Gasteiger partial charge in [0.15, 0.2) is 0 Å². The fourth-order valence-corrected chi connectivity index (χ4v) is 1.89. The summed E-state index contributed by atoms with van der Waals surface area (Å²) in [6.45, 7) is 0.798. The van der Waals surface area contributed by atoms with Gasteiger partial charge in [0.25, 0.3) is 0 Å². The van der Waals surface area contributed by atoms with E-state index in [9.17, 15) is 0 Å². The Hall–Kier alpha value is -2.29. The van der Waals surface area contributed by atoms with Crippen LogP contribution in [-0.2, 0) is 6.67 Å². The topological polar surface area (TPSA) is 22.8 Å². The molecule has 0 saturated carbocycles. The van der Waals surface area contributed by atoms with E-state index in [-0.39, 0.29) is 0 Å². The average molecular weight is 223 g/mol. The predicted octanol–water partition coefficient (Wildman–Crippen LogP) is 2.86. The summed E-state index contributed by atoms with van der Waals surface area (Å²) >= 11 is 0. The van der Waals surface area contributed by atoms with E-state index < -0.39 is 0 Å². The summed E-state index contributed by atoms with van der Waals surface area (Å²) in [6, 6.07) is 12.5. The Bertz CT molecular complexity index is 579. The standard InChI is InChI=1S/C14H13N3/c1-2-4-13(5-3-1)14-6-8-16(10-14)12-17-9-7-15-11-17/h1-11H,12H2. The fourth-order valence-electron chi connectivity index (χ4n) is 1.89. The van der Waals surface area contributed by atoms with E-state index in [0.717, 1.165) is 6.67 Å². The Morgan fingerprint density at radius 2 is 1.76 bits per heavy atom. The molecule has 0 bridgehead atoms. The van der Waals surface area contributed by atoms with Gasteiger partial charge < -0.3 is 9.13 Å². The van der Waals surface area contributed by atoms with Crippen molar-refractivity contribution in [2.24, 2.45) is 0 Å². The van der Waals surface area contributed by atoms with E-state index in [1.54, 1.807) is 6.20 Å². The highest BCUT2D eigenvalue weighted by Gasteiger charge is 1.99. The molecule has 17 heavy (non-hydrogen) atoms. The van der Waals surface area contributed by atoms with Crippen molar-refractivity contribution in [3.05, 3.63) is 67.5 Å². The highest BCUT2D eigenvalue weighted by Crippen LogP contribution is 2.18. The van der Waals surface area contributed by atoms with Crippen LogP contribution in [0.25, 0.3) is 11.1 Å². The molecule has 0 aliphatic rings. The molecule has 3 nitrogen and oxygen atoms in total. The molecule has 0 unspecified atom stereocenters. The lowest BCUT2D eigenvalue weighted by Crippen LogP contribution is -2.03. The zero-order valence-corrected chi connectivity index (χ0v) is 9.40. The van der Waals surface area contributed by atoms with E-state index >= 15 is 0 Å². The fraction of sp³-hybridized carbons (Fsp3) is 0.0714. The van der Waals surface area contributed by atoms with E-state index in [1.165, 1.54) is 11.1 Å². The molecule has 1 aromatic carbocycles. The number of aromatic nitrogens is 3. The molecule has 3 rings (SSSR count). The van der Waals surface area contributed by atoms with Crippen LogP contribution in [0.3, 0.4) is 0 Å². The van der Waals surface area contributed by atoms with Crippen LogP contribution in [-0.4, -0.2) is 14.1 Å². The third kappa shape index (κ3) is 2.13. The number of nitrogens with zero attached hydrogens (tertiary/aromatic N) is 3. The largest absolute Gasteiger partial charge is 0.335 e. The van der Waals surface area contributed by atoms with Crippen molar-refractivity contribution in [1.82, 2.24) is 14.1 Å².